The van der Waals surface area contributed by atoms with Crippen LogP contribution in [0.25, 0.3) is 0 Å². The van der Waals surface area contributed by atoms with Crippen LogP contribution in [0.5, 0.6) is 5.75 Å². The Kier molecular flexibility index (Phi) is 7.76. The number of rotatable bonds is 8. The van der Waals surface area contributed by atoms with Gasteiger partial charge >= 0.3 is 0 Å². The number of benzene rings is 1. The van der Waals surface area contributed by atoms with Crippen molar-refractivity contribution < 1.29 is 9.53 Å². The van der Waals surface area contributed by atoms with Crippen molar-refractivity contribution >= 4 is 17.7 Å². The van der Waals surface area contributed by atoms with Gasteiger partial charge in [0.05, 0.1) is 12.4 Å². The first kappa shape index (κ1) is 18.1. The second-order valence-electron chi connectivity index (χ2n) is 5.91. The summed E-state index contributed by atoms with van der Waals surface area (Å²) in [6, 6.07) is 7.97. The predicted octanol–water partition coefficient (Wildman–Crippen LogP) is 3.03. The van der Waals surface area contributed by atoms with E-state index in [1.165, 1.54) is 6.42 Å². The Balaban J connectivity index is 1.70. The lowest BCUT2D eigenvalue weighted by Gasteiger charge is -2.32. The van der Waals surface area contributed by atoms with Gasteiger partial charge in [-0.1, -0.05) is 0 Å². The smallest absolute Gasteiger partial charge is 0.232 e. The van der Waals surface area contributed by atoms with Gasteiger partial charge in [-0.15, -0.1) is 11.8 Å². The average Bonchev–Trinajstić information content (AvgIpc) is 2.60. The minimum Gasteiger partial charge on any atom is -0.494 e. The van der Waals surface area contributed by atoms with E-state index in [-0.39, 0.29) is 5.91 Å². The Morgan fingerprint density at radius 3 is 2.61 bits per heavy atom. The van der Waals surface area contributed by atoms with Crippen molar-refractivity contribution in [3.63, 3.8) is 0 Å². The van der Waals surface area contributed by atoms with Crippen LogP contribution in [-0.4, -0.2) is 49.8 Å². The van der Waals surface area contributed by atoms with E-state index in [4.69, 9.17) is 4.74 Å². The zero-order valence-electron chi connectivity index (χ0n) is 14.2. The molecule has 1 heterocycles. The van der Waals surface area contributed by atoms with Gasteiger partial charge in [0.2, 0.25) is 5.91 Å². The third-order valence-corrected chi connectivity index (χ3v) is 5.26. The minimum absolute atomic E-state index is 0.260. The first-order valence-corrected chi connectivity index (χ1v) is 9.49. The molecule has 23 heavy (non-hydrogen) atoms. The zero-order valence-corrected chi connectivity index (χ0v) is 15.0. The average molecular weight is 337 g/mol. The highest BCUT2D eigenvalue weighted by molar-refractivity contribution is 8.00. The summed E-state index contributed by atoms with van der Waals surface area (Å²) in [6.07, 6.45) is 3.50. The molecule has 0 radical (unpaired) electrons. The van der Waals surface area contributed by atoms with E-state index in [1.54, 1.807) is 11.8 Å². The van der Waals surface area contributed by atoms with Crippen molar-refractivity contribution in [1.29, 1.82) is 0 Å². The summed E-state index contributed by atoms with van der Waals surface area (Å²) < 4.78 is 5.43. The molecule has 1 fully saturated rings. The molecule has 1 aromatic carbocycles. The van der Waals surface area contributed by atoms with Gasteiger partial charge < -0.3 is 15.0 Å². The Morgan fingerprint density at radius 2 is 2.00 bits per heavy atom. The van der Waals surface area contributed by atoms with Crippen molar-refractivity contribution in [3.05, 3.63) is 24.3 Å². The molecule has 1 saturated heterocycles. The lowest BCUT2D eigenvalue weighted by molar-refractivity contribution is -0.129. The number of nitrogens with zero attached hydrogens (tertiary/aromatic N) is 1. The second-order valence-corrected chi connectivity index (χ2v) is 6.96. The molecule has 4 nitrogen and oxygen atoms in total. The Morgan fingerprint density at radius 1 is 1.30 bits per heavy atom. The minimum atomic E-state index is 0.260. The number of carbonyl (C=O) groups is 1. The molecule has 1 aromatic rings. The first-order chi connectivity index (χ1) is 11.2. The van der Waals surface area contributed by atoms with Crippen LogP contribution in [0.15, 0.2) is 29.2 Å². The molecule has 1 aliphatic rings. The van der Waals surface area contributed by atoms with E-state index in [1.807, 2.05) is 43.1 Å². The molecule has 0 unspecified atom stereocenters. The van der Waals surface area contributed by atoms with Crippen molar-refractivity contribution in [1.82, 2.24) is 10.2 Å². The molecular weight excluding hydrogens is 308 g/mol. The largest absolute Gasteiger partial charge is 0.494 e. The molecule has 1 N–H and O–H groups in total. The number of nitrogens with one attached hydrogen (secondary N) is 1. The van der Waals surface area contributed by atoms with Crippen LogP contribution in [0.2, 0.25) is 0 Å². The standard InChI is InChI=1S/C18H28N2O2S/c1-3-22-16-4-6-17(7-5-16)23-14-18(21)20-12-9-15(10-13-20)8-11-19-2/h4-7,15,19H,3,8-14H2,1-2H3. The number of hydrogen-bond donors (Lipinski definition) is 1. The fourth-order valence-electron chi connectivity index (χ4n) is 2.85. The Bertz CT molecular complexity index is 470. The fourth-order valence-corrected chi connectivity index (χ4v) is 3.66. The summed E-state index contributed by atoms with van der Waals surface area (Å²) in [6.45, 7) is 5.55. The third kappa shape index (κ3) is 6.07. The lowest BCUT2D eigenvalue weighted by atomic mass is 9.93. The molecule has 1 amide bonds. The summed E-state index contributed by atoms with van der Waals surface area (Å²) in [4.78, 5) is 15.5. The molecule has 128 valence electrons. The molecule has 0 saturated carbocycles. The molecular formula is C18H28N2O2S. The molecule has 0 aliphatic carbocycles. The van der Waals surface area contributed by atoms with Crippen molar-refractivity contribution in [2.75, 3.05) is 39.0 Å². The lowest BCUT2D eigenvalue weighted by Crippen LogP contribution is -2.39. The van der Waals surface area contributed by atoms with Crippen LogP contribution in [0.1, 0.15) is 26.2 Å². The summed E-state index contributed by atoms with van der Waals surface area (Å²) >= 11 is 1.61. The maximum absolute atomic E-state index is 12.3. The van der Waals surface area contributed by atoms with Crippen LogP contribution in [0.4, 0.5) is 0 Å². The molecule has 0 bridgehead atoms. The molecule has 0 spiro atoms. The summed E-state index contributed by atoms with van der Waals surface area (Å²) in [5, 5.41) is 3.21. The number of amides is 1. The van der Waals surface area contributed by atoms with E-state index in [2.05, 4.69) is 5.32 Å². The monoisotopic (exact) mass is 336 g/mol. The number of likely N-dealkylation sites (tertiary alicyclic amines) is 1. The van der Waals surface area contributed by atoms with E-state index < -0.39 is 0 Å². The molecule has 0 atom stereocenters. The Hall–Kier alpha value is -1.20. The number of ether oxygens (including phenoxy) is 1. The van der Waals surface area contributed by atoms with Crippen LogP contribution in [0.3, 0.4) is 0 Å². The van der Waals surface area contributed by atoms with Crippen molar-refractivity contribution in [2.45, 2.75) is 31.1 Å². The van der Waals surface area contributed by atoms with E-state index >= 15 is 0 Å². The third-order valence-electron chi connectivity index (χ3n) is 4.27. The van der Waals surface area contributed by atoms with Gasteiger partial charge in [0.25, 0.3) is 0 Å². The number of carbonyl (C=O) groups excluding carboxylic acids is 1. The summed E-state index contributed by atoms with van der Waals surface area (Å²) in [7, 11) is 2.00. The second kappa shape index (κ2) is 9.83. The van der Waals surface area contributed by atoms with E-state index in [0.717, 1.165) is 49.0 Å². The predicted molar refractivity (Wildman–Crippen MR) is 96.2 cm³/mol. The molecule has 1 aliphatic heterocycles. The fraction of sp³-hybridized carbons (Fsp3) is 0.611. The Labute approximate surface area is 144 Å². The van der Waals surface area contributed by atoms with Crippen LogP contribution >= 0.6 is 11.8 Å². The molecule has 5 heteroatoms. The van der Waals surface area contributed by atoms with Crippen molar-refractivity contribution in [2.24, 2.45) is 5.92 Å². The van der Waals surface area contributed by atoms with E-state index in [9.17, 15) is 4.79 Å². The normalized spacial score (nSPS) is 15.7. The SMILES string of the molecule is CCOc1ccc(SCC(=O)N2CCC(CCNC)CC2)cc1. The zero-order chi connectivity index (χ0) is 16.5. The van der Waals surface area contributed by atoms with E-state index in [0.29, 0.717) is 12.4 Å². The summed E-state index contributed by atoms with van der Waals surface area (Å²) in [5.41, 5.74) is 0. The highest BCUT2D eigenvalue weighted by atomic mass is 32.2. The van der Waals surface area contributed by atoms with Crippen LogP contribution < -0.4 is 10.1 Å². The summed E-state index contributed by atoms with van der Waals surface area (Å²) in [5.74, 6) is 2.43. The topological polar surface area (TPSA) is 41.6 Å². The van der Waals surface area contributed by atoms with Crippen LogP contribution in [0, 0.1) is 5.92 Å². The van der Waals surface area contributed by atoms with Gasteiger partial charge in [-0.3, -0.25) is 4.79 Å². The van der Waals surface area contributed by atoms with Gasteiger partial charge in [0.15, 0.2) is 0 Å². The van der Waals surface area contributed by atoms with Crippen LogP contribution in [-0.2, 0) is 4.79 Å². The first-order valence-electron chi connectivity index (χ1n) is 8.51. The molecule has 0 aromatic heterocycles. The van der Waals surface area contributed by atoms with Gasteiger partial charge in [-0.05, 0) is 70.0 Å². The number of hydrogen-bond acceptors (Lipinski definition) is 4. The highest BCUT2D eigenvalue weighted by Crippen LogP contribution is 2.24. The quantitative estimate of drug-likeness (QED) is 0.741. The number of thioether (sulfide) groups is 1. The van der Waals surface area contributed by atoms with Gasteiger partial charge in [-0.25, -0.2) is 0 Å². The van der Waals surface area contributed by atoms with Gasteiger partial charge in [0.1, 0.15) is 5.75 Å². The van der Waals surface area contributed by atoms with Gasteiger partial charge in [0, 0.05) is 18.0 Å². The van der Waals surface area contributed by atoms with Crippen molar-refractivity contribution in [3.8, 4) is 5.75 Å². The maximum atomic E-state index is 12.3. The molecule has 2 rings (SSSR count). The highest BCUT2D eigenvalue weighted by Gasteiger charge is 2.22. The van der Waals surface area contributed by atoms with Gasteiger partial charge in [-0.2, -0.15) is 0 Å². The number of piperidine rings is 1. The maximum Gasteiger partial charge on any atom is 0.232 e.